The standard InChI is InChI=1S/C12H14N2S2/c1-6-3-4-8-9(5-6)16-12-10(8)11(15)13-7(2)14-12/h6H,3-5H2,1-2H3,(H,13,14,15)/t6-/m1/s1. The van der Waals surface area contributed by atoms with Crippen LogP contribution in [0.25, 0.3) is 10.2 Å². The van der Waals surface area contributed by atoms with E-state index in [-0.39, 0.29) is 0 Å². The first-order valence-electron chi connectivity index (χ1n) is 5.66. The van der Waals surface area contributed by atoms with Crippen LogP contribution >= 0.6 is 23.6 Å². The lowest BCUT2D eigenvalue weighted by molar-refractivity contribution is 0.509. The van der Waals surface area contributed by atoms with Crippen LogP contribution in [0.15, 0.2) is 0 Å². The van der Waals surface area contributed by atoms with Crippen LogP contribution in [-0.4, -0.2) is 9.97 Å². The highest BCUT2D eigenvalue weighted by atomic mass is 32.1. The summed E-state index contributed by atoms with van der Waals surface area (Å²) in [4.78, 5) is 10.4. The first-order valence-corrected chi connectivity index (χ1v) is 6.89. The largest absolute Gasteiger partial charge is 0.334 e. The van der Waals surface area contributed by atoms with Gasteiger partial charge in [0.05, 0.1) is 0 Å². The number of aromatic amines is 1. The second-order valence-electron chi connectivity index (χ2n) is 4.68. The Morgan fingerprint density at radius 1 is 1.50 bits per heavy atom. The van der Waals surface area contributed by atoms with Gasteiger partial charge in [-0.15, -0.1) is 11.3 Å². The fourth-order valence-corrected chi connectivity index (χ4v) is 4.33. The Morgan fingerprint density at radius 2 is 2.31 bits per heavy atom. The number of thiophene rings is 1. The van der Waals surface area contributed by atoms with Gasteiger partial charge in [-0.25, -0.2) is 4.98 Å². The normalized spacial score (nSPS) is 20.0. The van der Waals surface area contributed by atoms with E-state index in [0.29, 0.717) is 0 Å². The van der Waals surface area contributed by atoms with Crippen LogP contribution in [0, 0.1) is 17.5 Å². The molecule has 0 unspecified atom stereocenters. The average Bonchev–Trinajstić information content (AvgIpc) is 2.54. The van der Waals surface area contributed by atoms with Crippen molar-refractivity contribution in [3.05, 3.63) is 20.9 Å². The van der Waals surface area contributed by atoms with Gasteiger partial charge in [-0.2, -0.15) is 0 Å². The summed E-state index contributed by atoms with van der Waals surface area (Å²) in [5.41, 5.74) is 1.46. The van der Waals surface area contributed by atoms with E-state index in [1.165, 1.54) is 35.1 Å². The summed E-state index contributed by atoms with van der Waals surface area (Å²) < 4.78 is 0.870. The molecule has 0 aliphatic heterocycles. The molecule has 0 fully saturated rings. The molecule has 84 valence electrons. The molecule has 0 radical (unpaired) electrons. The van der Waals surface area contributed by atoms with Crippen molar-refractivity contribution in [3.63, 3.8) is 0 Å². The van der Waals surface area contributed by atoms with Crippen molar-refractivity contribution in [2.75, 3.05) is 0 Å². The molecular formula is C12H14N2S2. The summed E-state index contributed by atoms with van der Waals surface area (Å²) in [6, 6.07) is 0. The Hall–Kier alpha value is -0.740. The third-order valence-electron chi connectivity index (χ3n) is 3.28. The first kappa shape index (κ1) is 10.4. The van der Waals surface area contributed by atoms with Crippen LogP contribution in [0.2, 0.25) is 0 Å². The molecule has 1 aliphatic rings. The first-order chi connectivity index (χ1) is 7.65. The molecule has 1 aliphatic carbocycles. The fraction of sp³-hybridized carbons (Fsp3) is 0.500. The molecule has 0 aromatic carbocycles. The Labute approximate surface area is 104 Å². The SMILES string of the molecule is Cc1nc2sc3c(c2c(=S)[nH]1)CC[C@@H](C)C3. The van der Waals surface area contributed by atoms with Crippen molar-refractivity contribution >= 4 is 33.8 Å². The highest BCUT2D eigenvalue weighted by Crippen LogP contribution is 2.37. The number of hydrogen-bond donors (Lipinski definition) is 1. The highest BCUT2D eigenvalue weighted by Gasteiger charge is 2.21. The third-order valence-corrected chi connectivity index (χ3v) is 4.74. The Balaban J connectivity index is 2.33. The zero-order valence-corrected chi connectivity index (χ0v) is 11.1. The third kappa shape index (κ3) is 1.52. The van der Waals surface area contributed by atoms with Crippen LogP contribution < -0.4 is 0 Å². The summed E-state index contributed by atoms with van der Waals surface area (Å²) in [6.45, 7) is 4.29. The van der Waals surface area contributed by atoms with Crippen LogP contribution in [0.5, 0.6) is 0 Å². The molecule has 3 rings (SSSR count). The van der Waals surface area contributed by atoms with E-state index in [0.717, 1.165) is 21.2 Å². The molecule has 1 atom stereocenters. The number of nitrogens with one attached hydrogen (secondary N) is 1. The van der Waals surface area contributed by atoms with Gasteiger partial charge < -0.3 is 4.98 Å². The number of hydrogen-bond acceptors (Lipinski definition) is 3. The van der Waals surface area contributed by atoms with Gasteiger partial charge in [-0.05, 0) is 37.7 Å². The predicted octanol–water partition coefficient (Wildman–Crippen LogP) is 3.79. The molecule has 2 aromatic heterocycles. The van der Waals surface area contributed by atoms with Crippen molar-refractivity contribution in [1.29, 1.82) is 0 Å². The molecule has 16 heavy (non-hydrogen) atoms. The van der Waals surface area contributed by atoms with E-state index in [2.05, 4.69) is 16.9 Å². The number of nitrogens with zero attached hydrogens (tertiary/aromatic N) is 1. The Kier molecular flexibility index (Phi) is 2.37. The van der Waals surface area contributed by atoms with E-state index < -0.39 is 0 Å². The van der Waals surface area contributed by atoms with E-state index in [1.807, 2.05) is 18.3 Å². The van der Waals surface area contributed by atoms with Crippen LogP contribution in [0.1, 0.15) is 29.6 Å². The van der Waals surface area contributed by atoms with Gasteiger partial charge in [-0.3, -0.25) is 0 Å². The number of rotatable bonds is 0. The number of aryl methyl sites for hydroxylation is 2. The van der Waals surface area contributed by atoms with Gasteiger partial charge in [-0.1, -0.05) is 19.1 Å². The summed E-state index contributed by atoms with van der Waals surface area (Å²) in [7, 11) is 0. The number of aromatic nitrogens is 2. The zero-order valence-electron chi connectivity index (χ0n) is 9.46. The predicted molar refractivity (Wildman–Crippen MR) is 70.7 cm³/mol. The molecule has 2 heterocycles. The summed E-state index contributed by atoms with van der Waals surface area (Å²) in [5, 5.41) is 1.22. The molecule has 0 saturated heterocycles. The summed E-state index contributed by atoms with van der Waals surface area (Å²) in [5.74, 6) is 1.73. The summed E-state index contributed by atoms with van der Waals surface area (Å²) in [6.07, 6.45) is 3.64. The van der Waals surface area contributed by atoms with Crippen molar-refractivity contribution < 1.29 is 0 Å². The molecule has 0 amide bonds. The minimum atomic E-state index is 0.805. The van der Waals surface area contributed by atoms with Gasteiger partial charge in [0.15, 0.2) is 0 Å². The maximum absolute atomic E-state index is 5.42. The molecular weight excluding hydrogens is 236 g/mol. The Bertz CT molecular complexity index is 609. The van der Waals surface area contributed by atoms with Crippen LogP contribution in [0.3, 0.4) is 0 Å². The summed E-state index contributed by atoms with van der Waals surface area (Å²) >= 11 is 7.25. The number of fused-ring (bicyclic) bond motifs is 3. The van der Waals surface area contributed by atoms with E-state index >= 15 is 0 Å². The lowest BCUT2D eigenvalue weighted by Crippen LogP contribution is -2.08. The molecule has 0 bridgehead atoms. The monoisotopic (exact) mass is 250 g/mol. The van der Waals surface area contributed by atoms with Crippen molar-refractivity contribution in [1.82, 2.24) is 9.97 Å². The van der Waals surface area contributed by atoms with Gasteiger partial charge in [0, 0.05) is 10.3 Å². The van der Waals surface area contributed by atoms with E-state index in [1.54, 1.807) is 0 Å². The van der Waals surface area contributed by atoms with Gasteiger partial charge in [0.1, 0.15) is 15.3 Å². The topological polar surface area (TPSA) is 28.7 Å². The van der Waals surface area contributed by atoms with Crippen molar-refractivity contribution in [2.45, 2.75) is 33.1 Å². The van der Waals surface area contributed by atoms with E-state index in [4.69, 9.17) is 12.2 Å². The number of H-pyrrole nitrogens is 1. The fourth-order valence-electron chi connectivity index (χ4n) is 2.46. The van der Waals surface area contributed by atoms with Gasteiger partial charge >= 0.3 is 0 Å². The quantitative estimate of drug-likeness (QED) is 0.721. The smallest absolute Gasteiger partial charge is 0.128 e. The Morgan fingerprint density at radius 3 is 3.12 bits per heavy atom. The molecule has 4 heteroatoms. The highest BCUT2D eigenvalue weighted by molar-refractivity contribution is 7.71. The van der Waals surface area contributed by atoms with Crippen LogP contribution in [-0.2, 0) is 12.8 Å². The molecule has 2 nitrogen and oxygen atoms in total. The van der Waals surface area contributed by atoms with Crippen LogP contribution in [0.4, 0.5) is 0 Å². The second-order valence-corrected chi connectivity index (χ2v) is 6.18. The lowest BCUT2D eigenvalue weighted by Gasteiger charge is -2.17. The van der Waals surface area contributed by atoms with Gasteiger partial charge in [0.25, 0.3) is 0 Å². The minimum absolute atomic E-state index is 0.805. The molecule has 2 aromatic rings. The maximum Gasteiger partial charge on any atom is 0.128 e. The molecule has 0 saturated carbocycles. The van der Waals surface area contributed by atoms with Gasteiger partial charge in [0.2, 0.25) is 0 Å². The average molecular weight is 250 g/mol. The molecule has 1 N–H and O–H groups in total. The zero-order chi connectivity index (χ0) is 11.3. The lowest BCUT2D eigenvalue weighted by atomic mass is 9.89. The van der Waals surface area contributed by atoms with E-state index in [9.17, 15) is 0 Å². The minimum Gasteiger partial charge on any atom is -0.334 e. The maximum atomic E-state index is 5.42. The molecule has 0 spiro atoms. The second kappa shape index (κ2) is 3.64. The van der Waals surface area contributed by atoms with Crippen molar-refractivity contribution in [2.24, 2.45) is 5.92 Å². The van der Waals surface area contributed by atoms with Crippen molar-refractivity contribution in [3.8, 4) is 0 Å².